The highest BCUT2D eigenvalue weighted by atomic mass is 16.2. The van der Waals surface area contributed by atoms with Crippen LogP contribution in [0.2, 0.25) is 0 Å². The third-order valence-corrected chi connectivity index (χ3v) is 4.18. The van der Waals surface area contributed by atoms with Gasteiger partial charge in [-0.3, -0.25) is 9.59 Å². The Morgan fingerprint density at radius 3 is 2.96 bits per heavy atom. The topological polar surface area (TPSA) is 95.9 Å². The van der Waals surface area contributed by atoms with Gasteiger partial charge in [0.1, 0.15) is 5.69 Å². The molecule has 1 aliphatic rings. The molecule has 128 valence electrons. The molecule has 0 spiro atoms. The van der Waals surface area contributed by atoms with E-state index in [0.717, 1.165) is 5.69 Å². The molecular weight excluding hydrogens is 308 g/mol. The maximum Gasteiger partial charge on any atom is 0.274 e. The van der Waals surface area contributed by atoms with Crippen molar-refractivity contribution in [2.45, 2.75) is 45.8 Å². The second-order valence-corrected chi connectivity index (χ2v) is 6.17. The molecular formula is C16H22N6O2. The van der Waals surface area contributed by atoms with E-state index in [1.54, 1.807) is 9.58 Å². The van der Waals surface area contributed by atoms with Crippen molar-refractivity contribution in [2.75, 3.05) is 6.54 Å². The Kier molecular flexibility index (Phi) is 4.64. The molecule has 0 aromatic carbocycles. The van der Waals surface area contributed by atoms with Gasteiger partial charge in [0.15, 0.2) is 5.69 Å². The fraction of sp³-hybridized carbons (Fsp3) is 0.500. The van der Waals surface area contributed by atoms with E-state index >= 15 is 0 Å². The van der Waals surface area contributed by atoms with Gasteiger partial charge < -0.3 is 15.2 Å². The number of carbonyl (C=O) groups is 2. The molecule has 8 heteroatoms. The molecule has 24 heavy (non-hydrogen) atoms. The van der Waals surface area contributed by atoms with Gasteiger partial charge in [-0.25, -0.2) is 4.68 Å². The second-order valence-electron chi connectivity index (χ2n) is 6.17. The van der Waals surface area contributed by atoms with Gasteiger partial charge in [-0.2, -0.15) is 0 Å². The highest BCUT2D eigenvalue weighted by Crippen LogP contribution is 2.16. The zero-order chi connectivity index (χ0) is 17.1. The quantitative estimate of drug-likeness (QED) is 0.816. The third-order valence-electron chi connectivity index (χ3n) is 4.18. The maximum atomic E-state index is 12.6. The number of nitrogens with one attached hydrogen (secondary N) is 2. The van der Waals surface area contributed by atoms with E-state index < -0.39 is 0 Å². The molecule has 2 N–H and O–H groups in total. The van der Waals surface area contributed by atoms with E-state index in [1.807, 2.05) is 32.2 Å². The van der Waals surface area contributed by atoms with Crippen molar-refractivity contribution in [1.82, 2.24) is 30.2 Å². The van der Waals surface area contributed by atoms with Gasteiger partial charge in [0.25, 0.3) is 5.91 Å². The minimum Gasteiger partial charge on any atom is -0.365 e. The number of carbonyl (C=O) groups excluding carboxylic acids is 2. The molecule has 8 nitrogen and oxygen atoms in total. The molecule has 2 aromatic heterocycles. The van der Waals surface area contributed by atoms with Crippen LogP contribution in [-0.2, 0) is 24.3 Å². The first kappa shape index (κ1) is 16.2. The highest BCUT2D eigenvalue weighted by Gasteiger charge is 2.30. The Bertz CT molecular complexity index is 719. The summed E-state index contributed by atoms with van der Waals surface area (Å²) in [5, 5.41) is 10.9. The van der Waals surface area contributed by atoms with Crippen molar-refractivity contribution in [1.29, 1.82) is 0 Å². The average Bonchev–Trinajstić information content (AvgIpc) is 3.20. The van der Waals surface area contributed by atoms with E-state index in [2.05, 4.69) is 20.6 Å². The maximum absolute atomic E-state index is 12.6. The normalized spacial score (nSPS) is 14.1. The molecule has 0 saturated carbocycles. The first-order valence-electron chi connectivity index (χ1n) is 8.18. The average molecular weight is 330 g/mol. The van der Waals surface area contributed by atoms with Crippen LogP contribution in [0.3, 0.4) is 0 Å². The zero-order valence-corrected chi connectivity index (χ0v) is 14.0. The number of nitrogens with zero attached hydrogens (tertiary/aromatic N) is 4. The lowest BCUT2D eigenvalue weighted by Crippen LogP contribution is -2.44. The van der Waals surface area contributed by atoms with Gasteiger partial charge in [-0.15, -0.1) is 5.10 Å². The van der Waals surface area contributed by atoms with Gasteiger partial charge in [-0.1, -0.05) is 5.21 Å². The molecule has 3 heterocycles. The lowest BCUT2D eigenvalue weighted by atomic mass is 10.2. The van der Waals surface area contributed by atoms with Crippen molar-refractivity contribution in [2.24, 2.45) is 0 Å². The van der Waals surface area contributed by atoms with Crippen LogP contribution in [-0.4, -0.2) is 49.3 Å². The van der Waals surface area contributed by atoms with Crippen LogP contribution in [0.1, 0.15) is 42.1 Å². The summed E-state index contributed by atoms with van der Waals surface area (Å²) in [7, 11) is 0. The van der Waals surface area contributed by atoms with Crippen molar-refractivity contribution in [3.05, 3.63) is 35.4 Å². The smallest absolute Gasteiger partial charge is 0.274 e. The van der Waals surface area contributed by atoms with Crippen LogP contribution in [0.4, 0.5) is 0 Å². The molecule has 2 aromatic rings. The fourth-order valence-corrected chi connectivity index (χ4v) is 2.83. The first-order chi connectivity index (χ1) is 11.6. The summed E-state index contributed by atoms with van der Waals surface area (Å²) < 4.78 is 1.63. The van der Waals surface area contributed by atoms with Crippen molar-refractivity contribution in [3.63, 3.8) is 0 Å². The highest BCUT2D eigenvalue weighted by molar-refractivity contribution is 5.94. The summed E-state index contributed by atoms with van der Waals surface area (Å²) in [6.07, 6.45) is 2.87. The Labute approximate surface area is 140 Å². The SMILES string of the molecule is CC(C)N1CCn2nnc(CNC(=O)CCc3ccc[nH]3)c2C1=O. The minimum absolute atomic E-state index is 0.0723. The van der Waals surface area contributed by atoms with Crippen LogP contribution in [0.15, 0.2) is 18.3 Å². The summed E-state index contributed by atoms with van der Waals surface area (Å²) in [6.45, 7) is 5.46. The van der Waals surface area contributed by atoms with Crippen LogP contribution < -0.4 is 5.32 Å². The van der Waals surface area contributed by atoms with Crippen LogP contribution in [0.5, 0.6) is 0 Å². The largest absolute Gasteiger partial charge is 0.365 e. The summed E-state index contributed by atoms with van der Waals surface area (Å²) in [5.41, 5.74) is 2.03. The van der Waals surface area contributed by atoms with E-state index in [9.17, 15) is 9.59 Å². The predicted molar refractivity (Wildman–Crippen MR) is 87.2 cm³/mol. The number of fused-ring (bicyclic) bond motifs is 1. The van der Waals surface area contributed by atoms with Gasteiger partial charge in [-0.05, 0) is 32.4 Å². The summed E-state index contributed by atoms with van der Waals surface area (Å²) in [5.74, 6) is -0.146. The van der Waals surface area contributed by atoms with Gasteiger partial charge >= 0.3 is 0 Å². The molecule has 0 atom stereocenters. The summed E-state index contributed by atoms with van der Waals surface area (Å²) >= 11 is 0. The summed E-state index contributed by atoms with van der Waals surface area (Å²) in [4.78, 5) is 29.4. The molecule has 0 fully saturated rings. The Morgan fingerprint density at radius 2 is 2.25 bits per heavy atom. The van der Waals surface area contributed by atoms with E-state index in [0.29, 0.717) is 37.3 Å². The third kappa shape index (κ3) is 3.32. The van der Waals surface area contributed by atoms with Crippen LogP contribution in [0.25, 0.3) is 0 Å². The molecule has 0 bridgehead atoms. The predicted octanol–water partition coefficient (Wildman–Crippen LogP) is 0.719. The van der Waals surface area contributed by atoms with Gasteiger partial charge in [0.05, 0.1) is 13.1 Å². The zero-order valence-electron chi connectivity index (χ0n) is 14.0. The molecule has 1 aliphatic heterocycles. The van der Waals surface area contributed by atoms with Crippen molar-refractivity contribution in [3.8, 4) is 0 Å². The number of aryl methyl sites for hydroxylation is 1. The number of hydrogen-bond donors (Lipinski definition) is 2. The molecule has 2 amide bonds. The minimum atomic E-state index is -0.0738. The molecule has 0 aliphatic carbocycles. The lowest BCUT2D eigenvalue weighted by Gasteiger charge is -2.30. The standard InChI is InChI=1S/C16H22N6O2/c1-11(2)21-8-9-22-15(16(21)24)13(19-20-22)10-18-14(23)6-5-12-4-3-7-17-12/h3-4,7,11,17H,5-6,8-10H2,1-2H3,(H,18,23). The van der Waals surface area contributed by atoms with E-state index in [-0.39, 0.29) is 24.4 Å². The Balaban J connectivity index is 1.59. The van der Waals surface area contributed by atoms with Crippen LogP contribution in [0, 0.1) is 0 Å². The van der Waals surface area contributed by atoms with Crippen LogP contribution >= 0.6 is 0 Å². The number of aromatic nitrogens is 4. The molecule has 0 unspecified atom stereocenters. The fourth-order valence-electron chi connectivity index (χ4n) is 2.83. The number of hydrogen-bond acceptors (Lipinski definition) is 4. The lowest BCUT2D eigenvalue weighted by molar-refractivity contribution is -0.121. The Morgan fingerprint density at radius 1 is 1.42 bits per heavy atom. The second kappa shape index (κ2) is 6.86. The number of rotatable bonds is 6. The summed E-state index contributed by atoms with van der Waals surface area (Å²) in [6, 6.07) is 3.98. The first-order valence-corrected chi connectivity index (χ1v) is 8.18. The monoisotopic (exact) mass is 330 g/mol. The Hall–Kier alpha value is -2.64. The number of amides is 2. The van der Waals surface area contributed by atoms with Gasteiger partial charge in [0, 0.05) is 30.9 Å². The molecule has 0 saturated heterocycles. The van der Waals surface area contributed by atoms with Gasteiger partial charge in [0.2, 0.25) is 5.91 Å². The van der Waals surface area contributed by atoms with Crippen molar-refractivity contribution >= 4 is 11.8 Å². The number of aromatic amines is 1. The van der Waals surface area contributed by atoms with Crippen molar-refractivity contribution < 1.29 is 9.59 Å². The number of H-pyrrole nitrogens is 1. The van der Waals surface area contributed by atoms with E-state index in [4.69, 9.17) is 0 Å². The molecule has 0 radical (unpaired) electrons. The van der Waals surface area contributed by atoms with E-state index in [1.165, 1.54) is 0 Å². The molecule has 3 rings (SSSR count).